The van der Waals surface area contributed by atoms with E-state index in [0.717, 1.165) is 61.7 Å². The Morgan fingerprint density at radius 2 is 2.10 bits per heavy atom. The Morgan fingerprint density at radius 3 is 2.87 bits per heavy atom. The molecule has 1 unspecified atom stereocenters. The minimum absolute atomic E-state index is 0.00255. The van der Waals surface area contributed by atoms with Crippen molar-refractivity contribution >= 4 is 17.1 Å². The van der Waals surface area contributed by atoms with E-state index in [1.807, 2.05) is 15.4 Å². The van der Waals surface area contributed by atoms with Gasteiger partial charge in [-0.25, -0.2) is 9.48 Å². The highest BCUT2D eigenvalue weighted by molar-refractivity contribution is 5.81. The van der Waals surface area contributed by atoms with Crippen LogP contribution in [0.1, 0.15) is 63.2 Å². The van der Waals surface area contributed by atoms with Crippen molar-refractivity contribution in [3.63, 3.8) is 0 Å². The number of aryl methyl sites for hydroxylation is 1. The maximum atomic E-state index is 13.6. The molecular weight excluding hydrogens is 382 g/mol. The third kappa shape index (κ3) is 3.97. The van der Waals surface area contributed by atoms with E-state index in [-0.39, 0.29) is 11.7 Å². The lowest BCUT2D eigenvalue weighted by atomic mass is 9.91. The smallest absolute Gasteiger partial charge is 0.407 e. The summed E-state index contributed by atoms with van der Waals surface area (Å²) in [4.78, 5) is 25.2. The second kappa shape index (κ2) is 9.20. The van der Waals surface area contributed by atoms with Gasteiger partial charge in [0.25, 0.3) is 5.56 Å². The zero-order valence-electron chi connectivity index (χ0n) is 18.1. The monoisotopic (exact) mass is 415 g/mol. The largest absolute Gasteiger partial charge is 0.450 e. The summed E-state index contributed by atoms with van der Waals surface area (Å²) in [6, 6.07) is 0. The minimum Gasteiger partial charge on any atom is -0.450 e. The van der Waals surface area contributed by atoms with E-state index in [2.05, 4.69) is 22.7 Å². The summed E-state index contributed by atoms with van der Waals surface area (Å²) >= 11 is 0. The van der Waals surface area contributed by atoms with Gasteiger partial charge in [-0.15, -0.1) is 0 Å². The van der Waals surface area contributed by atoms with E-state index in [4.69, 9.17) is 4.74 Å². The highest BCUT2D eigenvalue weighted by atomic mass is 16.5. The normalized spacial score (nSPS) is 21.0. The molecule has 0 bridgehead atoms. The average Bonchev–Trinajstić information content (AvgIpc) is 3.37. The van der Waals surface area contributed by atoms with Crippen LogP contribution in [0.3, 0.4) is 0 Å². The van der Waals surface area contributed by atoms with Crippen LogP contribution in [0.25, 0.3) is 11.0 Å². The number of pyridine rings is 1. The molecule has 2 aromatic rings. The van der Waals surface area contributed by atoms with Crippen LogP contribution in [0.4, 0.5) is 4.79 Å². The molecule has 1 aliphatic carbocycles. The van der Waals surface area contributed by atoms with Crippen LogP contribution in [-0.2, 0) is 24.1 Å². The van der Waals surface area contributed by atoms with Gasteiger partial charge in [0.15, 0.2) is 0 Å². The third-order valence-electron chi connectivity index (χ3n) is 6.39. The quantitative estimate of drug-likeness (QED) is 0.726. The molecule has 30 heavy (non-hydrogen) atoms. The fraction of sp³-hybridized carbons (Fsp3) is 0.682. The zero-order valence-corrected chi connectivity index (χ0v) is 18.1. The Bertz CT molecular complexity index is 964. The molecule has 1 aliphatic heterocycles. The fourth-order valence-corrected chi connectivity index (χ4v) is 5.03. The lowest BCUT2D eigenvalue weighted by Crippen LogP contribution is -2.36. The first kappa shape index (κ1) is 20.9. The highest BCUT2D eigenvalue weighted by Gasteiger charge is 2.30. The number of amides is 1. The van der Waals surface area contributed by atoms with Gasteiger partial charge in [0.1, 0.15) is 5.65 Å². The number of fused-ring (bicyclic) bond motifs is 3. The summed E-state index contributed by atoms with van der Waals surface area (Å²) in [5, 5.41) is 12.0. The molecule has 1 amide bonds. The van der Waals surface area contributed by atoms with Gasteiger partial charge in [-0.2, -0.15) is 5.10 Å². The topological polar surface area (TPSA) is 90.2 Å². The number of carbonyl (C=O) groups is 1. The fourth-order valence-electron chi connectivity index (χ4n) is 5.03. The molecule has 0 spiro atoms. The first-order chi connectivity index (χ1) is 14.6. The van der Waals surface area contributed by atoms with Gasteiger partial charge in [0.2, 0.25) is 0 Å². The minimum atomic E-state index is -0.427. The van der Waals surface area contributed by atoms with Crippen molar-refractivity contribution in [3.05, 3.63) is 27.7 Å². The van der Waals surface area contributed by atoms with Gasteiger partial charge in [-0.1, -0.05) is 13.3 Å². The Balaban J connectivity index is 1.71. The molecule has 1 fully saturated rings. The summed E-state index contributed by atoms with van der Waals surface area (Å²) in [5.41, 5.74) is 3.15. The van der Waals surface area contributed by atoms with E-state index >= 15 is 0 Å². The lowest BCUT2D eigenvalue weighted by Gasteiger charge is -2.23. The Morgan fingerprint density at radius 1 is 1.30 bits per heavy atom. The predicted octanol–water partition coefficient (Wildman–Crippen LogP) is 2.73. The van der Waals surface area contributed by atoms with E-state index in [9.17, 15) is 9.59 Å². The van der Waals surface area contributed by atoms with Crippen LogP contribution >= 0.6 is 0 Å². The second-order valence-electron chi connectivity index (χ2n) is 8.41. The maximum Gasteiger partial charge on any atom is 0.407 e. The van der Waals surface area contributed by atoms with Crippen LogP contribution in [-0.4, -0.2) is 40.1 Å². The molecule has 4 rings (SSSR count). The lowest BCUT2D eigenvalue weighted by molar-refractivity contribution is 0.152. The van der Waals surface area contributed by atoms with Crippen molar-refractivity contribution in [3.8, 4) is 0 Å². The average molecular weight is 416 g/mol. The van der Waals surface area contributed by atoms with Crippen molar-refractivity contribution in [2.24, 2.45) is 5.92 Å². The van der Waals surface area contributed by atoms with Gasteiger partial charge in [-0.05, 0) is 63.5 Å². The second-order valence-corrected chi connectivity index (χ2v) is 8.41. The standard InChI is InChI=1S/C22H33N5O3/c1-3-7-15-12-19(24-13-15)27-20-18(16-8-5-6-9-17(16)21(27)28)14-25-26(20)11-10-23-22(29)30-4-2/h14-15,19,24H,3-13H2,1-2H3,(H,23,29)/t15?,19-/m1/s1. The third-order valence-corrected chi connectivity index (χ3v) is 6.39. The molecule has 2 atom stereocenters. The molecular formula is C22H33N5O3. The van der Waals surface area contributed by atoms with E-state index in [0.29, 0.717) is 25.6 Å². The van der Waals surface area contributed by atoms with E-state index in [1.54, 1.807) is 6.92 Å². The van der Waals surface area contributed by atoms with Gasteiger partial charge >= 0.3 is 6.09 Å². The summed E-state index contributed by atoms with van der Waals surface area (Å²) in [6.07, 6.45) is 8.74. The van der Waals surface area contributed by atoms with Crippen molar-refractivity contribution in [1.29, 1.82) is 0 Å². The molecule has 0 radical (unpaired) electrons. The molecule has 2 aliphatic rings. The summed E-state index contributed by atoms with van der Waals surface area (Å²) in [6.45, 7) is 6.17. The van der Waals surface area contributed by atoms with Crippen LogP contribution < -0.4 is 16.2 Å². The van der Waals surface area contributed by atoms with Crippen LogP contribution in [0.15, 0.2) is 11.0 Å². The number of hydrogen-bond acceptors (Lipinski definition) is 5. The van der Waals surface area contributed by atoms with Crippen molar-refractivity contribution in [2.45, 2.75) is 71.5 Å². The molecule has 2 aromatic heterocycles. The Kier molecular flexibility index (Phi) is 6.41. The first-order valence-corrected chi connectivity index (χ1v) is 11.4. The maximum absolute atomic E-state index is 13.6. The summed E-state index contributed by atoms with van der Waals surface area (Å²) in [7, 11) is 0. The van der Waals surface area contributed by atoms with Gasteiger partial charge in [-0.3, -0.25) is 14.7 Å². The number of ether oxygens (including phenoxy) is 1. The van der Waals surface area contributed by atoms with Crippen molar-refractivity contribution in [1.82, 2.24) is 25.0 Å². The molecule has 164 valence electrons. The molecule has 2 N–H and O–H groups in total. The molecule has 8 nitrogen and oxygen atoms in total. The Hall–Kier alpha value is -2.35. The Labute approximate surface area is 177 Å². The number of aromatic nitrogens is 3. The van der Waals surface area contributed by atoms with Gasteiger partial charge < -0.3 is 10.1 Å². The molecule has 8 heteroatoms. The summed E-state index contributed by atoms with van der Waals surface area (Å²) in [5.74, 6) is 0.597. The van der Waals surface area contributed by atoms with E-state index < -0.39 is 6.09 Å². The molecule has 0 aromatic carbocycles. The predicted molar refractivity (Wildman–Crippen MR) is 116 cm³/mol. The number of rotatable bonds is 7. The molecule has 3 heterocycles. The van der Waals surface area contributed by atoms with Crippen LogP contribution in [0.2, 0.25) is 0 Å². The number of nitrogens with zero attached hydrogens (tertiary/aromatic N) is 3. The molecule has 1 saturated heterocycles. The van der Waals surface area contributed by atoms with Crippen molar-refractivity contribution < 1.29 is 9.53 Å². The molecule has 0 saturated carbocycles. The number of nitrogens with one attached hydrogen (secondary N) is 2. The number of carbonyl (C=O) groups excluding carboxylic acids is 1. The van der Waals surface area contributed by atoms with Crippen LogP contribution in [0, 0.1) is 5.92 Å². The number of alkyl carbamates (subject to hydrolysis) is 1. The summed E-state index contributed by atoms with van der Waals surface area (Å²) < 4.78 is 8.76. The van der Waals surface area contributed by atoms with Crippen molar-refractivity contribution in [2.75, 3.05) is 19.7 Å². The number of hydrogen-bond donors (Lipinski definition) is 2. The van der Waals surface area contributed by atoms with E-state index in [1.165, 1.54) is 12.0 Å². The highest BCUT2D eigenvalue weighted by Crippen LogP contribution is 2.31. The zero-order chi connectivity index (χ0) is 21.1. The first-order valence-electron chi connectivity index (χ1n) is 11.4. The SMILES string of the molecule is CCCC1CN[C@H](n2c(=O)c3c(c4cnn(CCNC(=O)OCC)c42)CCCC3)C1. The van der Waals surface area contributed by atoms with Gasteiger partial charge in [0, 0.05) is 17.5 Å². The van der Waals surface area contributed by atoms with Crippen LogP contribution in [0.5, 0.6) is 0 Å². The van der Waals surface area contributed by atoms with Gasteiger partial charge in [0.05, 0.1) is 25.5 Å².